The molecule has 0 unspecified atom stereocenters. The molecule has 36 heavy (non-hydrogen) atoms. The summed E-state index contributed by atoms with van der Waals surface area (Å²) in [7, 11) is 1.34. The molecule has 0 aliphatic rings. The monoisotopic (exact) mass is 557 g/mol. The highest BCUT2D eigenvalue weighted by Gasteiger charge is 2.32. The molecule has 0 aliphatic carbocycles. The van der Waals surface area contributed by atoms with Gasteiger partial charge in [0.2, 0.25) is 11.8 Å². The van der Waals surface area contributed by atoms with E-state index in [1.54, 1.807) is 48.5 Å². The van der Waals surface area contributed by atoms with Crippen LogP contribution in [0.1, 0.15) is 5.56 Å². The minimum atomic E-state index is -4.63. The molecule has 3 rings (SSSR count). The van der Waals surface area contributed by atoms with E-state index in [1.807, 2.05) is 0 Å². The number of carbonyl (C=O) groups is 2. The van der Waals surface area contributed by atoms with Gasteiger partial charge in [-0.05, 0) is 30.3 Å². The molecule has 0 saturated heterocycles. The molecule has 0 spiro atoms. The van der Waals surface area contributed by atoms with E-state index in [4.69, 9.17) is 34.8 Å². The summed E-state index contributed by atoms with van der Waals surface area (Å²) >= 11 is 18.1. The van der Waals surface area contributed by atoms with E-state index in [-0.39, 0.29) is 32.3 Å². The average Bonchev–Trinajstić information content (AvgIpc) is 2.81. The Morgan fingerprint density at radius 1 is 0.944 bits per heavy atom. The first kappa shape index (κ1) is 27.3. The molecule has 0 aliphatic heterocycles. The molecule has 1 heterocycles. The molecule has 7 nitrogen and oxygen atoms in total. The number of benzene rings is 2. The normalized spacial score (nSPS) is 11.6. The maximum atomic E-state index is 13.0. The molecule has 188 valence electrons. The Kier molecular flexibility index (Phi) is 8.78. The van der Waals surface area contributed by atoms with Crippen molar-refractivity contribution in [3.05, 3.63) is 81.4 Å². The van der Waals surface area contributed by atoms with E-state index >= 15 is 0 Å². The second-order valence-corrected chi connectivity index (χ2v) is 8.45. The van der Waals surface area contributed by atoms with E-state index < -0.39 is 29.5 Å². The van der Waals surface area contributed by atoms with Crippen LogP contribution in [0.4, 0.5) is 30.4 Å². The highest BCUT2D eigenvalue weighted by atomic mass is 35.5. The molecule has 0 bridgehead atoms. The third kappa shape index (κ3) is 6.87. The van der Waals surface area contributed by atoms with Crippen molar-refractivity contribution in [2.24, 2.45) is 11.0 Å². The maximum absolute atomic E-state index is 13.0. The number of para-hydroxylation sites is 2. The van der Waals surface area contributed by atoms with E-state index in [0.29, 0.717) is 12.3 Å². The van der Waals surface area contributed by atoms with Gasteiger partial charge in [0.15, 0.2) is 11.7 Å². The van der Waals surface area contributed by atoms with Gasteiger partial charge in [-0.3, -0.25) is 14.6 Å². The van der Waals surface area contributed by atoms with Crippen LogP contribution in [0.2, 0.25) is 15.1 Å². The molecular weight excluding hydrogens is 542 g/mol. The number of nitrogens with zero attached hydrogens (tertiary/aromatic N) is 3. The summed E-state index contributed by atoms with van der Waals surface area (Å²) in [5, 5.41) is 10.3. The fraction of sp³-hybridized carbons (Fsp3) is 0.130. The van der Waals surface area contributed by atoms with Crippen molar-refractivity contribution in [2.75, 3.05) is 22.7 Å². The number of aromatic nitrogens is 1. The Hall–Kier alpha value is -3.34. The standard InChI is InChI=1S/C23H17Cl3F3N5O2/c1-34(20-17(26)10-13(11-30-20)23(27,28)29)31-12-14(21(35)32-18-8-4-2-6-15(18)24)22(36)33-19-9-5-3-7-16(19)25/h2-12,14H,1H3,(H,32,35)(H,33,36)/b31-12+. The first-order valence-electron chi connectivity index (χ1n) is 10.1. The Morgan fingerprint density at radius 3 is 1.89 bits per heavy atom. The number of halogens is 6. The Labute approximate surface area is 218 Å². The Morgan fingerprint density at radius 2 is 1.44 bits per heavy atom. The summed E-state index contributed by atoms with van der Waals surface area (Å²) in [4.78, 5) is 29.7. The van der Waals surface area contributed by atoms with Crippen LogP contribution in [0.25, 0.3) is 0 Å². The van der Waals surface area contributed by atoms with Crippen molar-refractivity contribution in [1.82, 2.24) is 4.98 Å². The number of hydrogen-bond acceptors (Lipinski definition) is 5. The average molecular weight is 559 g/mol. The predicted octanol–water partition coefficient (Wildman–Crippen LogP) is 6.38. The van der Waals surface area contributed by atoms with Crippen LogP contribution in [0.15, 0.2) is 65.9 Å². The summed E-state index contributed by atoms with van der Waals surface area (Å²) in [6.07, 6.45) is -3.04. The van der Waals surface area contributed by atoms with Crippen molar-refractivity contribution in [3.8, 4) is 0 Å². The minimum absolute atomic E-state index is 0.127. The van der Waals surface area contributed by atoms with Gasteiger partial charge in [-0.1, -0.05) is 59.1 Å². The van der Waals surface area contributed by atoms with Crippen molar-refractivity contribution < 1.29 is 22.8 Å². The Balaban J connectivity index is 1.88. The summed E-state index contributed by atoms with van der Waals surface area (Å²) in [5.41, 5.74) is -0.521. The minimum Gasteiger partial charge on any atom is -0.324 e. The first-order chi connectivity index (χ1) is 17.0. The second-order valence-electron chi connectivity index (χ2n) is 7.23. The topological polar surface area (TPSA) is 86.7 Å². The van der Waals surface area contributed by atoms with E-state index in [1.165, 1.54) is 7.05 Å². The number of carbonyl (C=O) groups excluding carboxylic acids is 2. The molecule has 2 N–H and O–H groups in total. The third-order valence-electron chi connectivity index (χ3n) is 4.67. The molecule has 13 heteroatoms. The van der Waals surface area contributed by atoms with Crippen LogP contribution in [0.5, 0.6) is 0 Å². The van der Waals surface area contributed by atoms with Crippen LogP contribution in [-0.4, -0.2) is 30.1 Å². The fourth-order valence-electron chi connectivity index (χ4n) is 2.85. The van der Waals surface area contributed by atoms with Gasteiger partial charge < -0.3 is 10.6 Å². The molecule has 3 aromatic rings. The number of anilines is 3. The van der Waals surface area contributed by atoms with Crippen LogP contribution in [0, 0.1) is 5.92 Å². The number of hydrogen-bond donors (Lipinski definition) is 2. The largest absolute Gasteiger partial charge is 0.417 e. The van der Waals surface area contributed by atoms with Gasteiger partial charge in [0, 0.05) is 19.5 Å². The second kappa shape index (κ2) is 11.6. The molecule has 0 saturated carbocycles. The number of nitrogens with one attached hydrogen (secondary N) is 2. The van der Waals surface area contributed by atoms with Crippen LogP contribution in [-0.2, 0) is 15.8 Å². The molecule has 0 fully saturated rings. The zero-order chi connectivity index (χ0) is 26.5. The van der Waals surface area contributed by atoms with Crippen LogP contribution >= 0.6 is 34.8 Å². The van der Waals surface area contributed by atoms with Gasteiger partial charge in [-0.2, -0.15) is 18.3 Å². The summed E-state index contributed by atoms with van der Waals surface area (Å²) in [6, 6.07) is 13.5. The number of hydrazone groups is 1. The molecule has 2 amide bonds. The van der Waals surface area contributed by atoms with Gasteiger partial charge >= 0.3 is 6.18 Å². The highest BCUT2D eigenvalue weighted by molar-refractivity contribution is 6.35. The van der Waals surface area contributed by atoms with Crippen molar-refractivity contribution in [3.63, 3.8) is 0 Å². The van der Waals surface area contributed by atoms with Gasteiger partial charge in [-0.25, -0.2) is 4.98 Å². The lowest BCUT2D eigenvalue weighted by molar-refractivity contribution is -0.137. The van der Waals surface area contributed by atoms with E-state index in [0.717, 1.165) is 11.2 Å². The third-order valence-corrected chi connectivity index (χ3v) is 5.61. The van der Waals surface area contributed by atoms with Gasteiger partial charge in [0.05, 0.1) is 32.0 Å². The summed E-state index contributed by atoms with van der Waals surface area (Å²) < 4.78 is 38.7. The highest BCUT2D eigenvalue weighted by Crippen LogP contribution is 2.33. The Bertz CT molecular complexity index is 1240. The molecule has 0 radical (unpaired) electrons. The fourth-order valence-corrected chi connectivity index (χ4v) is 3.50. The van der Waals surface area contributed by atoms with E-state index in [2.05, 4.69) is 20.7 Å². The quantitative estimate of drug-likeness (QED) is 0.200. The number of rotatable bonds is 7. The maximum Gasteiger partial charge on any atom is 0.417 e. The number of alkyl halides is 3. The molecule has 0 atom stereocenters. The summed E-state index contributed by atoms with van der Waals surface area (Å²) in [5.74, 6) is -3.20. The van der Waals surface area contributed by atoms with Crippen molar-refractivity contribution in [1.29, 1.82) is 0 Å². The van der Waals surface area contributed by atoms with Gasteiger partial charge in [0.1, 0.15) is 0 Å². The van der Waals surface area contributed by atoms with Gasteiger partial charge in [-0.15, -0.1) is 0 Å². The zero-order valence-corrected chi connectivity index (χ0v) is 20.6. The zero-order valence-electron chi connectivity index (χ0n) is 18.4. The smallest absolute Gasteiger partial charge is 0.324 e. The molecular formula is C23H17Cl3F3N5O2. The van der Waals surface area contributed by atoms with Gasteiger partial charge in [0.25, 0.3) is 0 Å². The lowest BCUT2D eigenvalue weighted by atomic mass is 10.1. The summed E-state index contributed by atoms with van der Waals surface area (Å²) in [6.45, 7) is 0. The van der Waals surface area contributed by atoms with Crippen molar-refractivity contribution in [2.45, 2.75) is 6.18 Å². The van der Waals surface area contributed by atoms with Crippen LogP contribution in [0.3, 0.4) is 0 Å². The SMILES string of the molecule is CN(/N=C/C(C(=O)Nc1ccccc1Cl)C(=O)Nc1ccccc1Cl)c1ncc(C(F)(F)F)cc1Cl. The van der Waals surface area contributed by atoms with E-state index in [9.17, 15) is 22.8 Å². The number of pyridine rings is 1. The predicted molar refractivity (Wildman–Crippen MR) is 135 cm³/mol. The number of amides is 2. The lowest BCUT2D eigenvalue weighted by Gasteiger charge is -2.17. The van der Waals surface area contributed by atoms with Crippen molar-refractivity contribution >= 4 is 70.0 Å². The van der Waals surface area contributed by atoms with Crippen LogP contribution < -0.4 is 15.6 Å². The molecule has 1 aromatic heterocycles. The molecule has 2 aromatic carbocycles. The first-order valence-corrected chi connectivity index (χ1v) is 11.2. The lowest BCUT2D eigenvalue weighted by Crippen LogP contribution is -2.35.